The van der Waals surface area contributed by atoms with Crippen LogP contribution in [-0.4, -0.2) is 19.4 Å². The summed E-state index contributed by atoms with van der Waals surface area (Å²) in [6.07, 6.45) is 1.81. The van der Waals surface area contributed by atoms with Crippen LogP contribution in [0.2, 0.25) is 0 Å². The van der Waals surface area contributed by atoms with Crippen LogP contribution in [0.4, 0.5) is 5.69 Å². The molecule has 1 atom stereocenters. The van der Waals surface area contributed by atoms with Crippen molar-refractivity contribution in [1.29, 1.82) is 0 Å². The minimum atomic E-state index is -3.77. The Labute approximate surface area is 135 Å². The van der Waals surface area contributed by atoms with Gasteiger partial charge in [-0.3, -0.25) is 4.98 Å². The SMILES string of the molecule is Cc1ccc([C@@H](C)c2c(C)ccc3c2NC(N)=NS3(=O)=O)cn1. The molecular formula is C16H18N4O2S. The lowest BCUT2D eigenvalue weighted by atomic mass is 9.89. The number of nitrogens with two attached hydrogens (primary N) is 1. The normalized spacial score (nSPS) is 16.9. The highest BCUT2D eigenvalue weighted by atomic mass is 32.2. The number of aryl methyl sites for hydroxylation is 2. The number of benzene rings is 1. The summed E-state index contributed by atoms with van der Waals surface area (Å²) >= 11 is 0. The van der Waals surface area contributed by atoms with Crippen molar-refractivity contribution in [2.24, 2.45) is 10.1 Å². The Kier molecular flexibility index (Phi) is 3.60. The van der Waals surface area contributed by atoms with Crippen LogP contribution in [0.1, 0.15) is 35.2 Å². The van der Waals surface area contributed by atoms with Gasteiger partial charge in [0.1, 0.15) is 4.90 Å². The summed E-state index contributed by atoms with van der Waals surface area (Å²) in [5, 5.41) is 2.92. The van der Waals surface area contributed by atoms with Crippen LogP contribution in [0.25, 0.3) is 0 Å². The first-order chi connectivity index (χ1) is 10.8. The van der Waals surface area contributed by atoms with Gasteiger partial charge in [0.25, 0.3) is 10.0 Å². The highest BCUT2D eigenvalue weighted by Crippen LogP contribution is 2.38. The van der Waals surface area contributed by atoms with E-state index in [1.807, 2.05) is 39.1 Å². The molecule has 0 saturated carbocycles. The Balaban J connectivity index is 2.20. The molecule has 7 heteroatoms. The first-order valence-electron chi connectivity index (χ1n) is 7.23. The predicted octanol–water partition coefficient (Wildman–Crippen LogP) is 2.28. The van der Waals surface area contributed by atoms with Crippen LogP contribution in [0.5, 0.6) is 0 Å². The molecule has 120 valence electrons. The summed E-state index contributed by atoms with van der Waals surface area (Å²) in [6.45, 7) is 5.89. The second-order valence-corrected chi connectivity index (χ2v) is 7.27. The number of nitrogens with one attached hydrogen (secondary N) is 1. The summed E-state index contributed by atoms with van der Waals surface area (Å²) in [5.41, 5.74) is 9.96. The van der Waals surface area contributed by atoms with Crippen LogP contribution in [0.3, 0.4) is 0 Å². The second-order valence-electron chi connectivity index (χ2n) is 5.70. The zero-order valence-corrected chi connectivity index (χ0v) is 14.0. The van der Waals surface area contributed by atoms with Crippen LogP contribution >= 0.6 is 0 Å². The van der Waals surface area contributed by atoms with Crippen molar-refractivity contribution >= 4 is 21.7 Å². The third-order valence-electron chi connectivity index (χ3n) is 4.04. The highest BCUT2D eigenvalue weighted by Gasteiger charge is 2.29. The van der Waals surface area contributed by atoms with Crippen molar-refractivity contribution in [3.8, 4) is 0 Å². The fraction of sp³-hybridized carbons (Fsp3) is 0.250. The molecule has 0 unspecified atom stereocenters. The Morgan fingerprint density at radius 1 is 1.17 bits per heavy atom. The number of hydrogen-bond acceptors (Lipinski definition) is 5. The van der Waals surface area contributed by atoms with Gasteiger partial charge in [0.05, 0.1) is 5.69 Å². The Morgan fingerprint density at radius 3 is 2.57 bits per heavy atom. The van der Waals surface area contributed by atoms with Gasteiger partial charge in [0, 0.05) is 17.8 Å². The number of rotatable bonds is 2. The lowest BCUT2D eigenvalue weighted by Gasteiger charge is -2.24. The largest absolute Gasteiger partial charge is 0.369 e. The number of anilines is 1. The molecule has 2 heterocycles. The van der Waals surface area contributed by atoms with E-state index in [1.54, 1.807) is 12.1 Å². The first-order valence-corrected chi connectivity index (χ1v) is 8.67. The van der Waals surface area contributed by atoms with Crippen molar-refractivity contribution in [3.05, 3.63) is 52.8 Å². The summed E-state index contributed by atoms with van der Waals surface area (Å²) in [5.74, 6) is -0.148. The molecule has 0 radical (unpaired) electrons. The molecule has 23 heavy (non-hydrogen) atoms. The second kappa shape index (κ2) is 5.34. The first kappa shape index (κ1) is 15.5. The molecule has 1 aliphatic rings. The maximum atomic E-state index is 12.2. The number of nitrogens with zero attached hydrogens (tertiary/aromatic N) is 2. The monoisotopic (exact) mass is 330 g/mol. The molecule has 0 bridgehead atoms. The van der Waals surface area contributed by atoms with Crippen molar-refractivity contribution in [2.45, 2.75) is 31.6 Å². The number of hydrogen-bond donors (Lipinski definition) is 2. The Hall–Kier alpha value is -2.41. The molecule has 1 aromatic heterocycles. The van der Waals surface area contributed by atoms with Crippen molar-refractivity contribution in [2.75, 3.05) is 5.32 Å². The topological polar surface area (TPSA) is 97.4 Å². The molecule has 3 rings (SSSR count). The van der Waals surface area contributed by atoms with E-state index in [2.05, 4.69) is 14.7 Å². The number of guanidine groups is 1. The number of fused-ring (bicyclic) bond motifs is 1. The van der Waals surface area contributed by atoms with Crippen molar-refractivity contribution in [1.82, 2.24) is 4.98 Å². The van der Waals surface area contributed by atoms with Gasteiger partial charge in [-0.2, -0.15) is 8.42 Å². The zero-order chi connectivity index (χ0) is 16.8. The molecular weight excluding hydrogens is 312 g/mol. The van der Waals surface area contributed by atoms with Gasteiger partial charge in [-0.05, 0) is 42.7 Å². The third-order valence-corrected chi connectivity index (χ3v) is 5.38. The summed E-state index contributed by atoms with van der Waals surface area (Å²) in [7, 11) is -3.77. The summed E-state index contributed by atoms with van der Waals surface area (Å²) < 4.78 is 28.0. The number of sulfonamides is 1. The van der Waals surface area contributed by atoms with E-state index in [9.17, 15) is 8.42 Å². The van der Waals surface area contributed by atoms with Crippen molar-refractivity contribution in [3.63, 3.8) is 0 Å². The highest BCUT2D eigenvalue weighted by molar-refractivity contribution is 7.90. The summed E-state index contributed by atoms with van der Waals surface area (Å²) in [6, 6.07) is 7.30. The fourth-order valence-electron chi connectivity index (χ4n) is 2.84. The Morgan fingerprint density at radius 2 is 1.91 bits per heavy atom. The van der Waals surface area contributed by atoms with Gasteiger partial charge in [0.2, 0.25) is 5.96 Å². The number of aromatic nitrogens is 1. The summed E-state index contributed by atoms with van der Waals surface area (Å²) in [4.78, 5) is 4.48. The van der Waals surface area contributed by atoms with Gasteiger partial charge < -0.3 is 11.1 Å². The van der Waals surface area contributed by atoms with E-state index < -0.39 is 10.0 Å². The number of pyridine rings is 1. The molecule has 0 spiro atoms. The molecule has 1 aromatic carbocycles. The average molecular weight is 330 g/mol. The predicted molar refractivity (Wildman–Crippen MR) is 90.1 cm³/mol. The molecule has 0 amide bonds. The van der Waals surface area contributed by atoms with E-state index in [0.717, 1.165) is 22.4 Å². The van der Waals surface area contributed by atoms with Gasteiger partial charge in [-0.15, -0.1) is 4.40 Å². The minimum absolute atomic E-state index is 0.0355. The maximum Gasteiger partial charge on any atom is 0.287 e. The molecule has 6 nitrogen and oxygen atoms in total. The van der Waals surface area contributed by atoms with Gasteiger partial charge in [0.15, 0.2) is 0 Å². The Bertz CT molecular complexity index is 902. The standard InChI is InChI=1S/C16H18N4O2S/c1-9-4-7-13-15(19-16(17)20-23(13,21)22)14(9)11(3)12-6-5-10(2)18-8-12/h4-8,11H,1-3H3,(H3,17,19,20)/t11-/m1/s1. The quantitative estimate of drug-likeness (QED) is 0.880. The zero-order valence-electron chi connectivity index (χ0n) is 13.2. The van der Waals surface area contributed by atoms with Gasteiger partial charge in [-0.1, -0.05) is 19.1 Å². The van der Waals surface area contributed by atoms with Gasteiger partial charge in [-0.25, -0.2) is 0 Å². The molecule has 2 aromatic rings. The van der Waals surface area contributed by atoms with Gasteiger partial charge >= 0.3 is 0 Å². The van der Waals surface area contributed by atoms with E-state index in [1.165, 1.54) is 0 Å². The minimum Gasteiger partial charge on any atom is -0.369 e. The smallest absolute Gasteiger partial charge is 0.287 e. The lowest BCUT2D eigenvalue weighted by molar-refractivity contribution is 0.597. The van der Waals surface area contributed by atoms with Crippen LogP contribution in [-0.2, 0) is 10.0 Å². The van der Waals surface area contributed by atoms with E-state index in [-0.39, 0.29) is 16.8 Å². The van der Waals surface area contributed by atoms with Crippen LogP contribution in [0, 0.1) is 13.8 Å². The van der Waals surface area contributed by atoms with E-state index in [4.69, 9.17) is 5.73 Å². The molecule has 0 aliphatic carbocycles. The maximum absolute atomic E-state index is 12.2. The van der Waals surface area contributed by atoms with E-state index >= 15 is 0 Å². The molecule has 3 N–H and O–H groups in total. The molecule has 0 saturated heterocycles. The third kappa shape index (κ3) is 2.68. The fourth-order valence-corrected chi connectivity index (χ4v) is 3.90. The average Bonchev–Trinajstić information content (AvgIpc) is 2.46. The van der Waals surface area contributed by atoms with Crippen LogP contribution < -0.4 is 11.1 Å². The van der Waals surface area contributed by atoms with Crippen molar-refractivity contribution < 1.29 is 8.42 Å². The molecule has 1 aliphatic heterocycles. The van der Waals surface area contributed by atoms with E-state index in [0.29, 0.717) is 5.69 Å². The lowest BCUT2D eigenvalue weighted by Crippen LogP contribution is -2.30. The van der Waals surface area contributed by atoms with Crippen LogP contribution in [0.15, 0.2) is 39.8 Å². The molecule has 0 fully saturated rings.